The summed E-state index contributed by atoms with van der Waals surface area (Å²) in [6.07, 6.45) is -2.09. The van der Waals surface area contributed by atoms with E-state index in [1.807, 2.05) is 0 Å². The molecule has 0 amide bonds. The zero-order valence-electron chi connectivity index (χ0n) is 6.04. The molecule has 4 heteroatoms. The normalized spacial score (nSPS) is 43.4. The van der Waals surface area contributed by atoms with Crippen molar-refractivity contribution in [2.75, 3.05) is 6.54 Å². The Kier molecular flexibility index (Phi) is 1.29. The second kappa shape index (κ2) is 1.91. The lowest BCUT2D eigenvalue weighted by Crippen LogP contribution is -2.49. The summed E-state index contributed by atoms with van der Waals surface area (Å²) in [7, 11) is 0. The van der Waals surface area contributed by atoms with Crippen molar-refractivity contribution in [2.24, 2.45) is 5.92 Å². The van der Waals surface area contributed by atoms with E-state index in [9.17, 15) is 13.2 Å². The maximum atomic E-state index is 12.3. The van der Waals surface area contributed by atoms with Crippen LogP contribution in [-0.2, 0) is 0 Å². The first kappa shape index (κ1) is 7.40. The van der Waals surface area contributed by atoms with Crippen molar-refractivity contribution < 1.29 is 13.2 Å². The molecule has 1 N–H and O–H groups in total. The fourth-order valence-electron chi connectivity index (χ4n) is 2.00. The molecular weight excluding hydrogens is 155 g/mol. The molecule has 1 saturated carbocycles. The summed E-state index contributed by atoms with van der Waals surface area (Å²) < 4.78 is 36.9. The standard InChI is InChI=1S/C7H10F3N/c8-7(9,10)6-4-5(6)2-1-3-11-6/h5,11H,1-4H2/t5-,6+/m1/s1. The minimum atomic E-state index is -4.03. The Morgan fingerprint density at radius 3 is 2.55 bits per heavy atom. The van der Waals surface area contributed by atoms with E-state index >= 15 is 0 Å². The predicted octanol–water partition coefficient (Wildman–Crippen LogP) is 1.69. The molecule has 1 aliphatic carbocycles. The first-order valence-corrected chi connectivity index (χ1v) is 3.88. The molecule has 2 aliphatic rings. The van der Waals surface area contributed by atoms with Gasteiger partial charge in [0.1, 0.15) is 5.54 Å². The van der Waals surface area contributed by atoms with Gasteiger partial charge in [-0.1, -0.05) is 0 Å². The monoisotopic (exact) mass is 165 g/mol. The van der Waals surface area contributed by atoms with Gasteiger partial charge in [-0.15, -0.1) is 0 Å². The summed E-state index contributed by atoms with van der Waals surface area (Å²) in [5.74, 6) is -0.128. The number of hydrogen-bond donors (Lipinski definition) is 1. The second-order valence-corrected chi connectivity index (χ2v) is 3.44. The van der Waals surface area contributed by atoms with Crippen molar-refractivity contribution in [3.8, 4) is 0 Å². The fraction of sp³-hybridized carbons (Fsp3) is 1.00. The van der Waals surface area contributed by atoms with Crippen molar-refractivity contribution >= 4 is 0 Å². The molecule has 2 rings (SSSR count). The molecule has 1 aliphatic heterocycles. The van der Waals surface area contributed by atoms with Gasteiger partial charge in [0, 0.05) is 0 Å². The van der Waals surface area contributed by atoms with Gasteiger partial charge in [0.2, 0.25) is 0 Å². The maximum absolute atomic E-state index is 12.3. The predicted molar refractivity (Wildman–Crippen MR) is 34.1 cm³/mol. The molecule has 0 radical (unpaired) electrons. The number of halogens is 3. The number of hydrogen-bond acceptors (Lipinski definition) is 1. The van der Waals surface area contributed by atoms with Crippen LogP contribution in [0.5, 0.6) is 0 Å². The van der Waals surface area contributed by atoms with Crippen LogP contribution in [0.1, 0.15) is 19.3 Å². The summed E-state index contributed by atoms with van der Waals surface area (Å²) in [5, 5.41) is 2.58. The number of nitrogens with one attached hydrogen (secondary N) is 1. The molecule has 0 aromatic heterocycles. The molecular formula is C7H10F3N. The summed E-state index contributed by atoms with van der Waals surface area (Å²) >= 11 is 0. The van der Waals surface area contributed by atoms with E-state index in [2.05, 4.69) is 5.32 Å². The lowest BCUT2D eigenvalue weighted by atomic mass is 10.1. The smallest absolute Gasteiger partial charge is 0.303 e. The molecule has 64 valence electrons. The topological polar surface area (TPSA) is 12.0 Å². The lowest BCUT2D eigenvalue weighted by Gasteiger charge is -2.26. The van der Waals surface area contributed by atoms with Crippen LogP contribution in [0.25, 0.3) is 0 Å². The highest BCUT2D eigenvalue weighted by Gasteiger charge is 2.70. The first-order valence-electron chi connectivity index (χ1n) is 3.88. The summed E-state index contributed by atoms with van der Waals surface area (Å²) in [5.41, 5.74) is -1.47. The van der Waals surface area contributed by atoms with Crippen LogP contribution in [0.2, 0.25) is 0 Å². The van der Waals surface area contributed by atoms with E-state index in [4.69, 9.17) is 0 Å². The van der Waals surface area contributed by atoms with Crippen molar-refractivity contribution in [1.82, 2.24) is 5.32 Å². The Labute approximate surface area is 63.0 Å². The van der Waals surface area contributed by atoms with Crippen LogP contribution in [0, 0.1) is 5.92 Å². The Balaban J connectivity index is 2.13. The van der Waals surface area contributed by atoms with Crippen molar-refractivity contribution in [3.63, 3.8) is 0 Å². The lowest BCUT2D eigenvalue weighted by molar-refractivity contribution is -0.172. The van der Waals surface area contributed by atoms with E-state index < -0.39 is 11.7 Å². The highest BCUT2D eigenvalue weighted by atomic mass is 19.4. The SMILES string of the molecule is FC(F)(F)[C@]12C[C@H]1CCCN2. The molecule has 0 spiro atoms. The van der Waals surface area contributed by atoms with Crippen LogP contribution in [0.3, 0.4) is 0 Å². The third-order valence-corrected chi connectivity index (χ3v) is 2.78. The van der Waals surface area contributed by atoms with Gasteiger partial charge >= 0.3 is 6.18 Å². The van der Waals surface area contributed by atoms with Crippen LogP contribution >= 0.6 is 0 Å². The molecule has 1 nitrogen and oxygen atoms in total. The van der Waals surface area contributed by atoms with Crippen LogP contribution in [0.4, 0.5) is 13.2 Å². The molecule has 2 atom stereocenters. The molecule has 0 unspecified atom stereocenters. The van der Waals surface area contributed by atoms with Crippen molar-refractivity contribution in [3.05, 3.63) is 0 Å². The van der Waals surface area contributed by atoms with Gasteiger partial charge in [-0.25, -0.2) is 0 Å². The molecule has 11 heavy (non-hydrogen) atoms. The number of alkyl halides is 3. The Morgan fingerprint density at radius 2 is 2.09 bits per heavy atom. The Morgan fingerprint density at radius 1 is 1.36 bits per heavy atom. The Bertz CT molecular complexity index is 177. The van der Waals surface area contributed by atoms with E-state index in [-0.39, 0.29) is 5.92 Å². The largest absolute Gasteiger partial charge is 0.406 e. The number of fused-ring (bicyclic) bond motifs is 1. The van der Waals surface area contributed by atoms with Gasteiger partial charge in [-0.2, -0.15) is 13.2 Å². The van der Waals surface area contributed by atoms with E-state index in [0.717, 1.165) is 12.8 Å². The quantitative estimate of drug-likeness (QED) is 0.576. The van der Waals surface area contributed by atoms with E-state index in [1.54, 1.807) is 0 Å². The summed E-state index contributed by atoms with van der Waals surface area (Å²) in [6.45, 7) is 0.524. The van der Waals surface area contributed by atoms with Crippen LogP contribution in [0.15, 0.2) is 0 Å². The zero-order valence-corrected chi connectivity index (χ0v) is 6.04. The molecule has 1 heterocycles. The number of piperidine rings is 1. The minimum Gasteiger partial charge on any atom is -0.303 e. The van der Waals surface area contributed by atoms with Gasteiger partial charge < -0.3 is 5.32 Å². The maximum Gasteiger partial charge on any atom is 0.406 e. The second-order valence-electron chi connectivity index (χ2n) is 3.44. The van der Waals surface area contributed by atoms with E-state index in [1.165, 1.54) is 0 Å². The highest BCUT2D eigenvalue weighted by Crippen LogP contribution is 2.57. The van der Waals surface area contributed by atoms with E-state index in [0.29, 0.717) is 13.0 Å². The first-order chi connectivity index (χ1) is 5.06. The highest BCUT2D eigenvalue weighted by molar-refractivity contribution is 5.16. The molecule has 0 aromatic rings. The van der Waals surface area contributed by atoms with Crippen LogP contribution in [-0.4, -0.2) is 18.3 Å². The molecule has 0 bridgehead atoms. The number of rotatable bonds is 0. The summed E-state index contributed by atoms with van der Waals surface area (Å²) in [4.78, 5) is 0. The molecule has 1 saturated heterocycles. The fourth-order valence-corrected chi connectivity index (χ4v) is 2.00. The molecule has 0 aromatic carbocycles. The average molecular weight is 165 g/mol. The Hall–Kier alpha value is -0.250. The third kappa shape index (κ3) is 0.883. The third-order valence-electron chi connectivity index (χ3n) is 2.78. The van der Waals surface area contributed by atoms with Crippen LogP contribution < -0.4 is 5.32 Å². The van der Waals surface area contributed by atoms with Gasteiger partial charge in [-0.3, -0.25) is 0 Å². The van der Waals surface area contributed by atoms with Gasteiger partial charge in [0.25, 0.3) is 0 Å². The average Bonchev–Trinajstić information content (AvgIpc) is 2.59. The molecule has 2 fully saturated rings. The zero-order chi connectivity index (χ0) is 8.11. The van der Waals surface area contributed by atoms with Gasteiger partial charge in [-0.05, 0) is 31.7 Å². The van der Waals surface area contributed by atoms with Gasteiger partial charge in [0.15, 0.2) is 0 Å². The van der Waals surface area contributed by atoms with Gasteiger partial charge in [0.05, 0.1) is 0 Å². The van der Waals surface area contributed by atoms with Crippen molar-refractivity contribution in [1.29, 1.82) is 0 Å². The minimum absolute atomic E-state index is 0.128. The van der Waals surface area contributed by atoms with Crippen molar-refractivity contribution in [2.45, 2.75) is 31.0 Å². The summed E-state index contributed by atoms with van der Waals surface area (Å²) in [6, 6.07) is 0.